The summed E-state index contributed by atoms with van der Waals surface area (Å²) >= 11 is 0. The van der Waals surface area contributed by atoms with Gasteiger partial charge in [-0.2, -0.15) is 0 Å². The fraction of sp³-hybridized carbons (Fsp3) is 1.00. The van der Waals surface area contributed by atoms with Gasteiger partial charge in [-0.25, -0.2) is 5.11 Å². The topological polar surface area (TPSA) is 35.6 Å². The van der Waals surface area contributed by atoms with Gasteiger partial charge in [0.2, 0.25) is 0 Å². The molecule has 4 nitrogen and oxygen atoms in total. The molecule has 0 unspecified atom stereocenters. The molecule has 0 aromatic heterocycles. The van der Waals surface area contributed by atoms with Crippen molar-refractivity contribution in [3.63, 3.8) is 0 Å². The lowest BCUT2D eigenvalue weighted by atomic mass is 10.3. The molecule has 0 atom stereocenters. The van der Waals surface area contributed by atoms with Crippen LogP contribution in [0.3, 0.4) is 0 Å². The summed E-state index contributed by atoms with van der Waals surface area (Å²) < 4.78 is 5.35. The highest BCUT2D eigenvalue weighted by molar-refractivity contribution is 4.68. The fourth-order valence-corrected chi connectivity index (χ4v) is 1.53. The number of rotatable bonds is 6. The van der Waals surface area contributed by atoms with E-state index in [4.69, 9.17) is 4.74 Å². The molecule has 1 rings (SSSR count). The zero-order chi connectivity index (χ0) is 10.2. The first kappa shape index (κ1) is 11.9. The molecule has 1 aliphatic rings. The zero-order valence-corrected chi connectivity index (χ0v) is 9.07. The summed E-state index contributed by atoms with van der Waals surface area (Å²) in [6.45, 7) is 6.96. The van der Waals surface area contributed by atoms with E-state index in [1.165, 1.54) is 0 Å². The van der Waals surface area contributed by atoms with Crippen LogP contribution in [0.1, 0.15) is 6.42 Å². The van der Waals surface area contributed by atoms with Crippen molar-refractivity contribution in [3.8, 4) is 0 Å². The maximum Gasteiger partial charge on any atom is 0.0844 e. The Hall–Kier alpha value is -0.160. The van der Waals surface area contributed by atoms with E-state index >= 15 is 0 Å². The lowest BCUT2D eigenvalue weighted by Gasteiger charge is -2.32. The SMILES string of the molecule is CN1CCN(CCOCCC[O])CC1. The van der Waals surface area contributed by atoms with Crippen molar-refractivity contribution in [3.05, 3.63) is 0 Å². The van der Waals surface area contributed by atoms with E-state index < -0.39 is 0 Å². The van der Waals surface area contributed by atoms with Crippen molar-refractivity contribution < 1.29 is 9.84 Å². The second-order valence-corrected chi connectivity index (χ2v) is 3.81. The molecule has 1 heterocycles. The average molecular weight is 201 g/mol. The molecule has 83 valence electrons. The maximum atomic E-state index is 10.1. The zero-order valence-electron chi connectivity index (χ0n) is 9.07. The first-order chi connectivity index (χ1) is 6.83. The predicted molar refractivity (Wildman–Crippen MR) is 54.9 cm³/mol. The van der Waals surface area contributed by atoms with E-state index in [0.29, 0.717) is 13.0 Å². The third kappa shape index (κ3) is 4.91. The van der Waals surface area contributed by atoms with Crippen LogP contribution in [0.2, 0.25) is 0 Å². The minimum absolute atomic E-state index is 0.0193. The summed E-state index contributed by atoms with van der Waals surface area (Å²) in [6.07, 6.45) is 0.642. The van der Waals surface area contributed by atoms with Crippen LogP contribution in [0.15, 0.2) is 0 Å². The van der Waals surface area contributed by atoms with Crippen molar-refractivity contribution in [2.45, 2.75) is 6.42 Å². The number of likely N-dealkylation sites (N-methyl/N-ethyl adjacent to an activating group) is 1. The van der Waals surface area contributed by atoms with Crippen LogP contribution in [0, 0.1) is 0 Å². The summed E-state index contributed by atoms with van der Waals surface area (Å²) in [6, 6.07) is 0. The number of hydrogen-bond donors (Lipinski definition) is 0. The van der Waals surface area contributed by atoms with E-state index in [9.17, 15) is 5.11 Å². The van der Waals surface area contributed by atoms with E-state index in [1.54, 1.807) is 0 Å². The highest BCUT2D eigenvalue weighted by Crippen LogP contribution is 1.98. The monoisotopic (exact) mass is 201 g/mol. The summed E-state index contributed by atoms with van der Waals surface area (Å²) in [5.74, 6) is 0. The van der Waals surface area contributed by atoms with Gasteiger partial charge in [0.25, 0.3) is 0 Å². The maximum absolute atomic E-state index is 10.1. The smallest absolute Gasteiger partial charge is 0.0844 e. The number of hydrogen-bond acceptors (Lipinski definition) is 3. The van der Waals surface area contributed by atoms with E-state index in [2.05, 4.69) is 16.8 Å². The van der Waals surface area contributed by atoms with Crippen LogP contribution in [-0.2, 0) is 9.84 Å². The first-order valence-electron chi connectivity index (χ1n) is 5.39. The van der Waals surface area contributed by atoms with Gasteiger partial charge in [-0.1, -0.05) is 0 Å². The Morgan fingerprint density at radius 3 is 2.50 bits per heavy atom. The summed E-state index contributed by atoms with van der Waals surface area (Å²) in [4.78, 5) is 4.76. The quantitative estimate of drug-likeness (QED) is 0.571. The van der Waals surface area contributed by atoms with Gasteiger partial charge < -0.3 is 9.64 Å². The lowest BCUT2D eigenvalue weighted by molar-refractivity contribution is 0.0676. The molecule has 1 aliphatic heterocycles. The van der Waals surface area contributed by atoms with Crippen LogP contribution in [0.25, 0.3) is 0 Å². The molecule has 1 radical (unpaired) electrons. The average Bonchev–Trinajstić information content (AvgIpc) is 2.21. The molecule has 0 amide bonds. The predicted octanol–water partition coefficient (Wildman–Crippen LogP) is 0.0710. The normalized spacial score (nSPS) is 20.1. The minimum atomic E-state index is -0.0193. The van der Waals surface area contributed by atoms with Crippen molar-refractivity contribution in [2.24, 2.45) is 0 Å². The standard InChI is InChI=1S/C10H21N2O2/c1-11-3-5-12(6-4-11)7-10-14-9-2-8-13/h2-10H2,1H3. The van der Waals surface area contributed by atoms with E-state index in [0.717, 1.165) is 39.3 Å². The van der Waals surface area contributed by atoms with E-state index in [1.807, 2.05) is 0 Å². The molecule has 1 fully saturated rings. The highest BCUT2D eigenvalue weighted by atomic mass is 16.5. The molecule has 0 aromatic rings. The summed E-state index contributed by atoms with van der Waals surface area (Å²) in [7, 11) is 2.15. The molecular weight excluding hydrogens is 180 g/mol. The van der Waals surface area contributed by atoms with Gasteiger partial charge >= 0.3 is 0 Å². The Morgan fingerprint density at radius 1 is 1.14 bits per heavy atom. The van der Waals surface area contributed by atoms with Gasteiger partial charge in [0.05, 0.1) is 13.2 Å². The van der Waals surface area contributed by atoms with Crippen molar-refractivity contribution in [1.82, 2.24) is 9.80 Å². The molecular formula is C10H21N2O2. The Bertz CT molecular complexity index is 136. The number of nitrogens with zero attached hydrogens (tertiary/aromatic N) is 2. The van der Waals surface area contributed by atoms with Gasteiger partial charge in [0.15, 0.2) is 0 Å². The molecule has 0 N–H and O–H groups in total. The molecule has 0 bridgehead atoms. The lowest BCUT2D eigenvalue weighted by Crippen LogP contribution is -2.45. The Labute approximate surface area is 86.4 Å². The third-order valence-corrected chi connectivity index (χ3v) is 2.58. The minimum Gasteiger partial charge on any atom is -0.380 e. The van der Waals surface area contributed by atoms with Gasteiger partial charge in [0.1, 0.15) is 0 Å². The second kappa shape index (κ2) is 7.17. The molecule has 0 aliphatic carbocycles. The molecule has 0 saturated carbocycles. The number of ether oxygens (including phenoxy) is 1. The van der Waals surface area contributed by atoms with Crippen LogP contribution in [-0.4, -0.2) is 69.4 Å². The van der Waals surface area contributed by atoms with Crippen molar-refractivity contribution >= 4 is 0 Å². The van der Waals surface area contributed by atoms with E-state index in [-0.39, 0.29) is 6.61 Å². The molecule has 1 saturated heterocycles. The Morgan fingerprint density at radius 2 is 1.86 bits per heavy atom. The van der Waals surface area contributed by atoms with Crippen molar-refractivity contribution in [1.29, 1.82) is 0 Å². The van der Waals surface area contributed by atoms with Crippen LogP contribution < -0.4 is 0 Å². The van der Waals surface area contributed by atoms with Crippen LogP contribution in [0.4, 0.5) is 0 Å². The van der Waals surface area contributed by atoms with Gasteiger partial charge in [0, 0.05) is 39.3 Å². The Balaban J connectivity index is 1.91. The van der Waals surface area contributed by atoms with Gasteiger partial charge in [-0.05, 0) is 13.5 Å². The van der Waals surface area contributed by atoms with Crippen LogP contribution in [0.5, 0.6) is 0 Å². The van der Waals surface area contributed by atoms with Gasteiger partial charge in [-0.3, -0.25) is 4.90 Å². The molecule has 0 aromatic carbocycles. The third-order valence-electron chi connectivity index (χ3n) is 2.58. The first-order valence-corrected chi connectivity index (χ1v) is 5.39. The van der Waals surface area contributed by atoms with Crippen LogP contribution >= 0.6 is 0 Å². The highest BCUT2D eigenvalue weighted by Gasteiger charge is 2.12. The summed E-state index contributed by atoms with van der Waals surface area (Å²) in [5, 5.41) is 10.1. The largest absolute Gasteiger partial charge is 0.380 e. The molecule has 14 heavy (non-hydrogen) atoms. The number of piperazine rings is 1. The fourth-order valence-electron chi connectivity index (χ4n) is 1.53. The Kier molecular flexibility index (Phi) is 6.10. The summed E-state index contributed by atoms with van der Waals surface area (Å²) in [5.41, 5.74) is 0. The molecule has 4 heteroatoms. The second-order valence-electron chi connectivity index (χ2n) is 3.81. The van der Waals surface area contributed by atoms with Crippen molar-refractivity contribution in [2.75, 3.05) is 59.6 Å². The molecule has 0 spiro atoms. The van der Waals surface area contributed by atoms with Gasteiger partial charge in [-0.15, -0.1) is 0 Å².